The molecule has 1 aromatic heterocycles. The minimum atomic E-state index is -4.40. The van der Waals surface area contributed by atoms with Gasteiger partial charge in [-0.2, -0.15) is 22.5 Å². The van der Waals surface area contributed by atoms with Crippen LogP contribution in [0.2, 0.25) is 0 Å². The molecule has 0 saturated carbocycles. The minimum Gasteiger partial charge on any atom is -0.275 e. The third kappa shape index (κ3) is 2.49. The monoisotopic (exact) mass is 308 g/mol. The summed E-state index contributed by atoms with van der Waals surface area (Å²) in [6.07, 6.45) is -3.86. The van der Waals surface area contributed by atoms with Gasteiger partial charge in [-0.1, -0.05) is 0 Å². The molecule has 0 spiro atoms. The van der Waals surface area contributed by atoms with Crippen LogP contribution < -0.4 is 0 Å². The smallest absolute Gasteiger partial charge is 0.275 e. The third-order valence-electron chi connectivity index (χ3n) is 2.11. The molecule has 2 rings (SSSR count). The van der Waals surface area contributed by atoms with Gasteiger partial charge in [0.25, 0.3) is 6.08 Å². The van der Waals surface area contributed by atoms with Crippen molar-refractivity contribution in [1.29, 1.82) is 0 Å². The van der Waals surface area contributed by atoms with Crippen LogP contribution in [0.4, 0.5) is 17.6 Å². The number of halogens is 5. The number of rotatable bonds is 1. The van der Waals surface area contributed by atoms with Crippen LogP contribution in [0, 0.1) is 6.08 Å². The first-order valence-electron chi connectivity index (χ1n) is 4.46. The molecule has 0 unspecified atom stereocenters. The van der Waals surface area contributed by atoms with Gasteiger partial charge in [0.15, 0.2) is 0 Å². The van der Waals surface area contributed by atoms with Gasteiger partial charge < -0.3 is 0 Å². The Morgan fingerprint density at radius 1 is 1.12 bits per heavy atom. The number of benzene rings is 1. The van der Waals surface area contributed by atoms with Gasteiger partial charge in [-0.05, 0) is 40.2 Å². The lowest BCUT2D eigenvalue weighted by atomic mass is 10.2. The first kappa shape index (κ1) is 12.1. The molecule has 2 nitrogen and oxygen atoms in total. The number of aromatic nitrogens is 2. The summed E-state index contributed by atoms with van der Waals surface area (Å²) in [7, 11) is 0. The Balaban J connectivity index is 2.39. The molecule has 0 bridgehead atoms. The highest BCUT2D eigenvalue weighted by Crippen LogP contribution is 2.29. The minimum absolute atomic E-state index is 0.272. The highest BCUT2D eigenvalue weighted by molar-refractivity contribution is 9.10. The average Bonchev–Trinajstić information content (AvgIpc) is 2.57. The van der Waals surface area contributed by atoms with Crippen LogP contribution in [0.5, 0.6) is 0 Å². The molecule has 90 valence electrons. The molecule has 1 aromatic carbocycles. The number of hydrogen-bond acceptors (Lipinski definition) is 1. The zero-order valence-electron chi connectivity index (χ0n) is 8.17. The van der Waals surface area contributed by atoms with E-state index in [1.54, 1.807) is 0 Å². The summed E-state index contributed by atoms with van der Waals surface area (Å²) in [4.78, 5) is 3.45. The molecule has 0 aliphatic carbocycles. The van der Waals surface area contributed by atoms with Gasteiger partial charge in [0.1, 0.15) is 4.60 Å². The van der Waals surface area contributed by atoms with Crippen molar-refractivity contribution in [3.63, 3.8) is 0 Å². The van der Waals surface area contributed by atoms with Crippen molar-refractivity contribution < 1.29 is 17.6 Å². The second-order valence-corrected chi connectivity index (χ2v) is 4.06. The summed E-state index contributed by atoms with van der Waals surface area (Å²) in [5.74, 6) is 0. The summed E-state index contributed by atoms with van der Waals surface area (Å²) in [6, 6.07) is 4.14. The Labute approximate surface area is 102 Å². The van der Waals surface area contributed by atoms with Crippen molar-refractivity contribution >= 4 is 15.9 Å². The van der Waals surface area contributed by atoms with Crippen molar-refractivity contribution in [3.05, 3.63) is 46.7 Å². The highest BCUT2D eigenvalue weighted by Gasteiger charge is 2.30. The molecule has 0 fully saturated rings. The van der Waals surface area contributed by atoms with Gasteiger partial charge in [-0.15, -0.1) is 0 Å². The summed E-state index contributed by atoms with van der Waals surface area (Å²) in [6.45, 7) is 0. The maximum absolute atomic E-state index is 13.2. The van der Waals surface area contributed by atoms with Gasteiger partial charge in [-0.25, -0.2) is 0 Å². The van der Waals surface area contributed by atoms with Crippen molar-refractivity contribution in [2.45, 2.75) is 6.18 Å². The van der Waals surface area contributed by atoms with E-state index in [0.717, 1.165) is 16.7 Å². The quantitative estimate of drug-likeness (QED) is 0.733. The third-order valence-corrected chi connectivity index (χ3v) is 2.49. The molecule has 0 atom stereocenters. The van der Waals surface area contributed by atoms with Crippen molar-refractivity contribution in [2.75, 3.05) is 0 Å². The Morgan fingerprint density at radius 3 is 2.12 bits per heavy atom. The normalized spacial score (nSPS) is 11.8. The van der Waals surface area contributed by atoms with Crippen LogP contribution in [-0.2, 0) is 6.18 Å². The van der Waals surface area contributed by atoms with E-state index in [1.807, 2.05) is 0 Å². The van der Waals surface area contributed by atoms with Gasteiger partial charge in [0.2, 0.25) is 0 Å². The fourth-order valence-corrected chi connectivity index (χ4v) is 1.67. The molecule has 0 amide bonds. The van der Waals surface area contributed by atoms with Crippen LogP contribution in [0.15, 0.2) is 35.1 Å². The SMILES string of the molecule is Fc1nc(Br)cn1-c1ccc(C(F)(F)F)cc1. The Morgan fingerprint density at radius 2 is 1.71 bits per heavy atom. The molecule has 0 aliphatic rings. The molecule has 1 heterocycles. The second kappa shape index (κ2) is 4.14. The summed E-state index contributed by atoms with van der Waals surface area (Å²) in [5.41, 5.74) is -0.505. The first-order chi connectivity index (χ1) is 7.88. The largest absolute Gasteiger partial charge is 0.416 e. The standard InChI is InChI=1S/C10H5BrF4N2/c11-8-5-17(9(12)16-8)7-3-1-6(2-4-7)10(13,14)15/h1-5H. The number of imidazole rings is 1. The molecule has 2 aromatic rings. The fraction of sp³-hybridized carbons (Fsp3) is 0.100. The summed E-state index contributed by atoms with van der Waals surface area (Å²) < 4.78 is 51.5. The number of alkyl halides is 3. The van der Waals surface area contributed by atoms with Crippen molar-refractivity contribution in [1.82, 2.24) is 9.55 Å². The Kier molecular flexibility index (Phi) is 2.94. The summed E-state index contributed by atoms with van der Waals surface area (Å²) in [5, 5.41) is 0. The van der Waals surface area contributed by atoms with Crippen LogP contribution in [0.3, 0.4) is 0 Å². The van der Waals surface area contributed by atoms with E-state index in [0.29, 0.717) is 0 Å². The van der Waals surface area contributed by atoms with E-state index in [1.165, 1.54) is 18.3 Å². The molecule has 0 N–H and O–H groups in total. The van der Waals surface area contributed by atoms with E-state index in [9.17, 15) is 17.6 Å². The Bertz CT molecular complexity index is 530. The highest BCUT2D eigenvalue weighted by atomic mass is 79.9. The zero-order chi connectivity index (χ0) is 12.6. The topological polar surface area (TPSA) is 17.8 Å². The van der Waals surface area contributed by atoms with Gasteiger partial charge in [0.05, 0.1) is 5.56 Å². The average molecular weight is 309 g/mol. The van der Waals surface area contributed by atoms with E-state index in [2.05, 4.69) is 20.9 Å². The lowest BCUT2D eigenvalue weighted by molar-refractivity contribution is -0.137. The van der Waals surface area contributed by atoms with E-state index >= 15 is 0 Å². The molecule has 7 heteroatoms. The number of nitrogens with zero attached hydrogens (tertiary/aromatic N) is 2. The first-order valence-corrected chi connectivity index (χ1v) is 5.25. The summed E-state index contributed by atoms with van der Waals surface area (Å²) >= 11 is 2.97. The fourth-order valence-electron chi connectivity index (χ4n) is 1.32. The zero-order valence-corrected chi connectivity index (χ0v) is 9.76. The van der Waals surface area contributed by atoms with E-state index in [4.69, 9.17) is 0 Å². The molecule has 17 heavy (non-hydrogen) atoms. The maximum atomic E-state index is 13.2. The van der Waals surface area contributed by atoms with Crippen LogP contribution in [0.25, 0.3) is 5.69 Å². The lowest BCUT2D eigenvalue weighted by Crippen LogP contribution is -2.05. The second-order valence-electron chi connectivity index (χ2n) is 3.25. The van der Waals surface area contributed by atoms with Crippen LogP contribution in [0.1, 0.15) is 5.56 Å². The predicted molar refractivity (Wildman–Crippen MR) is 56.2 cm³/mol. The van der Waals surface area contributed by atoms with Crippen LogP contribution >= 0.6 is 15.9 Å². The molecule has 0 aliphatic heterocycles. The van der Waals surface area contributed by atoms with E-state index in [-0.39, 0.29) is 10.3 Å². The molecule has 0 radical (unpaired) electrons. The van der Waals surface area contributed by atoms with Gasteiger partial charge >= 0.3 is 6.18 Å². The van der Waals surface area contributed by atoms with Crippen LogP contribution in [-0.4, -0.2) is 9.55 Å². The van der Waals surface area contributed by atoms with Gasteiger partial charge in [0, 0.05) is 11.9 Å². The number of hydrogen-bond donors (Lipinski definition) is 0. The molecular formula is C10H5BrF4N2. The Hall–Kier alpha value is -1.37. The van der Waals surface area contributed by atoms with Crippen molar-refractivity contribution in [3.8, 4) is 5.69 Å². The molecule has 0 saturated heterocycles. The predicted octanol–water partition coefficient (Wildman–Crippen LogP) is 3.79. The maximum Gasteiger partial charge on any atom is 0.416 e. The molecular weight excluding hydrogens is 304 g/mol. The van der Waals surface area contributed by atoms with Crippen molar-refractivity contribution in [2.24, 2.45) is 0 Å². The van der Waals surface area contributed by atoms with Gasteiger partial charge in [-0.3, -0.25) is 4.57 Å². The van der Waals surface area contributed by atoms with E-state index < -0.39 is 17.8 Å². The lowest BCUT2D eigenvalue weighted by Gasteiger charge is -2.08.